The van der Waals surface area contributed by atoms with Crippen LogP contribution in [0.15, 0.2) is 18.5 Å². The summed E-state index contributed by atoms with van der Waals surface area (Å²) in [4.78, 5) is 25.7. The van der Waals surface area contributed by atoms with Gasteiger partial charge in [0.05, 0.1) is 11.8 Å². The van der Waals surface area contributed by atoms with Gasteiger partial charge in [0.25, 0.3) is 5.91 Å². The first-order chi connectivity index (χ1) is 8.04. The quantitative estimate of drug-likeness (QED) is 0.663. The number of rotatable bonds is 5. The SMILES string of the molecule is O=C(N[C@@H](CCO)C(=O)O)c1cncc(F)c1. The number of hydrogen-bond acceptors (Lipinski definition) is 4. The van der Waals surface area contributed by atoms with Gasteiger partial charge >= 0.3 is 5.97 Å². The normalized spacial score (nSPS) is 11.9. The Hall–Kier alpha value is -2.02. The molecule has 1 heterocycles. The molecule has 1 aromatic heterocycles. The topological polar surface area (TPSA) is 99.5 Å². The van der Waals surface area contributed by atoms with Gasteiger partial charge < -0.3 is 15.5 Å². The third-order valence-corrected chi connectivity index (χ3v) is 1.99. The van der Waals surface area contributed by atoms with Crippen LogP contribution >= 0.6 is 0 Å². The Kier molecular flexibility index (Phi) is 4.53. The zero-order valence-corrected chi connectivity index (χ0v) is 8.76. The van der Waals surface area contributed by atoms with Crippen molar-refractivity contribution in [1.82, 2.24) is 10.3 Å². The van der Waals surface area contributed by atoms with E-state index < -0.39 is 23.7 Å². The molecule has 1 aromatic rings. The number of carboxylic acid groups (broad SMARTS) is 1. The summed E-state index contributed by atoms with van der Waals surface area (Å²) < 4.78 is 12.8. The first-order valence-electron chi connectivity index (χ1n) is 4.79. The lowest BCUT2D eigenvalue weighted by atomic mass is 10.2. The van der Waals surface area contributed by atoms with Gasteiger partial charge in [-0.1, -0.05) is 0 Å². The number of amides is 1. The highest BCUT2D eigenvalue weighted by Crippen LogP contribution is 2.02. The van der Waals surface area contributed by atoms with Gasteiger partial charge in [-0.3, -0.25) is 9.78 Å². The molecule has 1 amide bonds. The van der Waals surface area contributed by atoms with Crippen molar-refractivity contribution in [2.75, 3.05) is 6.61 Å². The highest BCUT2D eigenvalue weighted by molar-refractivity contribution is 5.96. The minimum absolute atomic E-state index is 0.0748. The van der Waals surface area contributed by atoms with Crippen LogP contribution in [0.1, 0.15) is 16.8 Å². The number of carbonyl (C=O) groups is 2. The number of aliphatic hydroxyl groups is 1. The molecule has 7 heteroatoms. The third kappa shape index (κ3) is 3.80. The number of hydrogen-bond donors (Lipinski definition) is 3. The lowest BCUT2D eigenvalue weighted by Gasteiger charge is -2.12. The van der Waals surface area contributed by atoms with Crippen molar-refractivity contribution < 1.29 is 24.2 Å². The van der Waals surface area contributed by atoms with Crippen molar-refractivity contribution in [3.63, 3.8) is 0 Å². The van der Waals surface area contributed by atoms with Gasteiger partial charge in [0.2, 0.25) is 0 Å². The molecule has 0 bridgehead atoms. The van der Waals surface area contributed by atoms with Crippen molar-refractivity contribution in [2.24, 2.45) is 0 Å². The Balaban J connectivity index is 2.73. The van der Waals surface area contributed by atoms with E-state index in [1.807, 2.05) is 0 Å². The number of aromatic nitrogens is 1. The van der Waals surface area contributed by atoms with Crippen molar-refractivity contribution in [2.45, 2.75) is 12.5 Å². The fraction of sp³-hybridized carbons (Fsp3) is 0.300. The monoisotopic (exact) mass is 242 g/mol. The lowest BCUT2D eigenvalue weighted by Crippen LogP contribution is -2.41. The fourth-order valence-electron chi connectivity index (χ4n) is 1.16. The number of nitrogens with one attached hydrogen (secondary N) is 1. The van der Waals surface area contributed by atoms with E-state index in [0.29, 0.717) is 0 Å². The average molecular weight is 242 g/mol. The van der Waals surface area contributed by atoms with Crippen LogP contribution in [0.2, 0.25) is 0 Å². The standard InChI is InChI=1S/C10H11FN2O4/c11-7-3-6(4-12-5-7)9(15)13-8(1-2-14)10(16)17/h3-5,8,14H,1-2H2,(H,13,15)(H,16,17)/t8-/m0/s1. The lowest BCUT2D eigenvalue weighted by molar-refractivity contribution is -0.139. The summed E-state index contributed by atoms with van der Waals surface area (Å²) >= 11 is 0. The van der Waals surface area contributed by atoms with Crippen molar-refractivity contribution in [3.8, 4) is 0 Å². The Morgan fingerprint density at radius 1 is 1.47 bits per heavy atom. The van der Waals surface area contributed by atoms with Crippen molar-refractivity contribution in [3.05, 3.63) is 29.8 Å². The molecular weight excluding hydrogens is 231 g/mol. The number of pyridine rings is 1. The maximum Gasteiger partial charge on any atom is 0.326 e. The van der Waals surface area contributed by atoms with Crippen LogP contribution in [0.3, 0.4) is 0 Å². The van der Waals surface area contributed by atoms with E-state index in [1.54, 1.807) is 0 Å². The smallest absolute Gasteiger partial charge is 0.326 e. The Labute approximate surface area is 96.1 Å². The summed E-state index contributed by atoms with van der Waals surface area (Å²) in [5, 5.41) is 19.5. The Bertz CT molecular complexity index is 425. The number of aliphatic carboxylic acids is 1. The second-order valence-corrected chi connectivity index (χ2v) is 3.27. The molecule has 1 rings (SSSR count). The zero-order chi connectivity index (χ0) is 12.8. The first kappa shape index (κ1) is 13.0. The summed E-state index contributed by atoms with van der Waals surface area (Å²) in [5.74, 6) is -2.71. The summed E-state index contributed by atoms with van der Waals surface area (Å²) in [6, 6.07) is -0.268. The van der Waals surface area contributed by atoms with Crippen LogP contribution in [-0.4, -0.2) is 39.7 Å². The van der Waals surface area contributed by atoms with E-state index in [9.17, 15) is 14.0 Å². The molecule has 1 atom stereocenters. The number of halogens is 1. The summed E-state index contributed by atoms with van der Waals surface area (Å²) in [6.45, 7) is -0.376. The van der Waals surface area contributed by atoms with Gasteiger partial charge in [0, 0.05) is 19.2 Å². The van der Waals surface area contributed by atoms with Crippen LogP contribution in [0.5, 0.6) is 0 Å². The minimum atomic E-state index is -1.27. The predicted molar refractivity (Wildman–Crippen MR) is 54.8 cm³/mol. The molecule has 0 fully saturated rings. The molecule has 0 saturated carbocycles. The summed E-state index contributed by atoms with van der Waals surface area (Å²) in [5.41, 5.74) is -0.0748. The van der Waals surface area contributed by atoms with Gasteiger partial charge in [-0.15, -0.1) is 0 Å². The van der Waals surface area contributed by atoms with Crippen LogP contribution in [0.4, 0.5) is 4.39 Å². The van der Waals surface area contributed by atoms with E-state index in [1.165, 1.54) is 0 Å². The molecule has 0 spiro atoms. The summed E-state index contributed by atoms with van der Waals surface area (Å²) in [6.07, 6.45) is 1.93. The van der Waals surface area contributed by atoms with Crippen molar-refractivity contribution in [1.29, 1.82) is 0 Å². The summed E-state index contributed by atoms with van der Waals surface area (Å²) in [7, 11) is 0. The molecule has 17 heavy (non-hydrogen) atoms. The van der Waals surface area contributed by atoms with Crippen LogP contribution in [-0.2, 0) is 4.79 Å². The largest absolute Gasteiger partial charge is 0.480 e. The first-order valence-corrected chi connectivity index (χ1v) is 4.79. The van der Waals surface area contributed by atoms with Crippen LogP contribution < -0.4 is 5.32 Å². The predicted octanol–water partition coefficient (Wildman–Crippen LogP) is -0.214. The highest BCUT2D eigenvalue weighted by Gasteiger charge is 2.20. The third-order valence-electron chi connectivity index (χ3n) is 1.99. The minimum Gasteiger partial charge on any atom is -0.480 e. The number of carboxylic acids is 1. The molecule has 3 N–H and O–H groups in total. The molecule has 0 aliphatic rings. The van der Waals surface area contributed by atoms with Crippen molar-refractivity contribution >= 4 is 11.9 Å². The Morgan fingerprint density at radius 2 is 2.18 bits per heavy atom. The second kappa shape index (κ2) is 5.90. The van der Waals surface area contributed by atoms with Gasteiger partial charge in [-0.25, -0.2) is 9.18 Å². The van der Waals surface area contributed by atoms with Crippen LogP contribution in [0, 0.1) is 5.82 Å². The molecule has 0 radical (unpaired) electrons. The number of nitrogens with zero attached hydrogens (tertiary/aromatic N) is 1. The van der Waals surface area contributed by atoms with E-state index in [2.05, 4.69) is 10.3 Å². The Morgan fingerprint density at radius 3 is 2.71 bits per heavy atom. The van der Waals surface area contributed by atoms with Gasteiger partial charge in [-0.2, -0.15) is 0 Å². The van der Waals surface area contributed by atoms with Gasteiger partial charge in [0.1, 0.15) is 11.9 Å². The molecule has 0 aromatic carbocycles. The molecule has 0 unspecified atom stereocenters. The fourth-order valence-corrected chi connectivity index (χ4v) is 1.16. The van der Waals surface area contributed by atoms with E-state index in [0.717, 1.165) is 18.5 Å². The molecule has 0 aliphatic carbocycles. The zero-order valence-electron chi connectivity index (χ0n) is 8.76. The number of carbonyl (C=O) groups excluding carboxylic acids is 1. The molecule has 6 nitrogen and oxygen atoms in total. The molecule has 92 valence electrons. The molecule has 0 aliphatic heterocycles. The molecular formula is C10H11FN2O4. The van der Waals surface area contributed by atoms with E-state index >= 15 is 0 Å². The maximum atomic E-state index is 12.8. The van der Waals surface area contributed by atoms with Gasteiger partial charge in [0.15, 0.2) is 0 Å². The second-order valence-electron chi connectivity index (χ2n) is 3.27. The van der Waals surface area contributed by atoms with Crippen LogP contribution in [0.25, 0.3) is 0 Å². The maximum absolute atomic E-state index is 12.8. The van der Waals surface area contributed by atoms with E-state index in [4.69, 9.17) is 10.2 Å². The van der Waals surface area contributed by atoms with Gasteiger partial charge in [-0.05, 0) is 6.07 Å². The number of aliphatic hydroxyl groups excluding tert-OH is 1. The highest BCUT2D eigenvalue weighted by atomic mass is 19.1. The average Bonchev–Trinajstić information content (AvgIpc) is 2.28. The van der Waals surface area contributed by atoms with E-state index in [-0.39, 0.29) is 18.6 Å². The molecule has 0 saturated heterocycles.